The van der Waals surface area contributed by atoms with Gasteiger partial charge in [0.15, 0.2) is 6.23 Å². The molecule has 1 aliphatic heterocycles. The lowest BCUT2D eigenvalue weighted by molar-refractivity contribution is -0.352. The molecule has 1 unspecified atom stereocenters. The SMILES string of the molecule is CCOOC1CN(Cc2ccccc2)C(=O)[C@H](CC(C)C)N1C(=O)OC(C)(C)C. The molecule has 29 heavy (non-hydrogen) atoms. The molecule has 1 aromatic rings. The summed E-state index contributed by atoms with van der Waals surface area (Å²) >= 11 is 0. The van der Waals surface area contributed by atoms with Crippen molar-refractivity contribution in [2.75, 3.05) is 13.2 Å². The highest BCUT2D eigenvalue weighted by Gasteiger charge is 2.46. The predicted octanol–water partition coefficient (Wildman–Crippen LogP) is 3.97. The van der Waals surface area contributed by atoms with Gasteiger partial charge in [-0.15, -0.1) is 0 Å². The summed E-state index contributed by atoms with van der Waals surface area (Å²) < 4.78 is 5.58. The summed E-state index contributed by atoms with van der Waals surface area (Å²) in [6.07, 6.45) is -0.800. The minimum atomic E-state index is -0.741. The van der Waals surface area contributed by atoms with Crippen LogP contribution in [-0.4, -0.2) is 52.8 Å². The van der Waals surface area contributed by atoms with Crippen molar-refractivity contribution in [1.29, 1.82) is 0 Å². The number of carbonyl (C=O) groups excluding carboxylic acids is 2. The van der Waals surface area contributed by atoms with Gasteiger partial charge in [-0.3, -0.25) is 9.69 Å². The van der Waals surface area contributed by atoms with Crippen molar-refractivity contribution in [2.24, 2.45) is 5.92 Å². The quantitative estimate of drug-likeness (QED) is 0.506. The molecule has 0 saturated carbocycles. The topological polar surface area (TPSA) is 68.3 Å². The normalized spacial score (nSPS) is 20.3. The van der Waals surface area contributed by atoms with Crippen LogP contribution in [-0.2, 0) is 25.9 Å². The molecule has 7 nitrogen and oxygen atoms in total. The van der Waals surface area contributed by atoms with Crippen LogP contribution in [0.4, 0.5) is 4.79 Å². The molecular weight excluding hydrogens is 372 g/mol. The molecule has 0 spiro atoms. The zero-order valence-corrected chi connectivity index (χ0v) is 18.4. The van der Waals surface area contributed by atoms with Crippen LogP contribution in [0.3, 0.4) is 0 Å². The lowest BCUT2D eigenvalue weighted by Gasteiger charge is -2.45. The van der Waals surface area contributed by atoms with Crippen molar-refractivity contribution in [3.8, 4) is 0 Å². The minimum Gasteiger partial charge on any atom is -0.444 e. The van der Waals surface area contributed by atoms with Crippen molar-refractivity contribution in [3.05, 3.63) is 35.9 Å². The summed E-state index contributed by atoms with van der Waals surface area (Å²) in [6, 6.07) is 9.10. The van der Waals surface area contributed by atoms with Crippen LogP contribution >= 0.6 is 0 Å². The van der Waals surface area contributed by atoms with E-state index in [1.54, 1.807) is 32.6 Å². The monoisotopic (exact) mass is 406 g/mol. The van der Waals surface area contributed by atoms with E-state index in [9.17, 15) is 9.59 Å². The highest BCUT2D eigenvalue weighted by Crippen LogP contribution is 2.27. The summed E-state index contributed by atoms with van der Waals surface area (Å²) in [6.45, 7) is 12.2. The van der Waals surface area contributed by atoms with Gasteiger partial charge in [0.05, 0.1) is 13.2 Å². The minimum absolute atomic E-state index is 0.107. The molecule has 0 N–H and O–H groups in total. The molecule has 0 radical (unpaired) electrons. The van der Waals surface area contributed by atoms with Gasteiger partial charge in [0.1, 0.15) is 11.6 Å². The zero-order chi connectivity index (χ0) is 21.6. The van der Waals surface area contributed by atoms with E-state index in [-0.39, 0.29) is 18.4 Å². The van der Waals surface area contributed by atoms with Gasteiger partial charge < -0.3 is 9.64 Å². The molecule has 162 valence electrons. The van der Waals surface area contributed by atoms with Gasteiger partial charge in [0.25, 0.3) is 0 Å². The zero-order valence-electron chi connectivity index (χ0n) is 18.4. The third-order valence-electron chi connectivity index (χ3n) is 4.43. The molecule has 0 aliphatic carbocycles. The van der Waals surface area contributed by atoms with Gasteiger partial charge in [-0.1, -0.05) is 44.2 Å². The average molecular weight is 407 g/mol. The summed E-state index contributed by atoms with van der Waals surface area (Å²) in [5, 5.41) is 0. The van der Waals surface area contributed by atoms with E-state index in [4.69, 9.17) is 14.5 Å². The number of carbonyl (C=O) groups is 2. The number of benzene rings is 1. The number of rotatable bonds is 7. The van der Waals surface area contributed by atoms with E-state index in [0.717, 1.165) is 5.56 Å². The second-order valence-electron chi connectivity index (χ2n) is 8.69. The Bertz CT molecular complexity index is 672. The van der Waals surface area contributed by atoms with Crippen molar-refractivity contribution in [3.63, 3.8) is 0 Å². The van der Waals surface area contributed by atoms with Crippen LogP contribution in [0.25, 0.3) is 0 Å². The smallest absolute Gasteiger partial charge is 0.413 e. The van der Waals surface area contributed by atoms with Crippen LogP contribution in [0.15, 0.2) is 30.3 Å². The largest absolute Gasteiger partial charge is 0.444 e. The van der Waals surface area contributed by atoms with E-state index in [2.05, 4.69) is 0 Å². The standard InChI is InChI=1S/C22H34N2O5/c1-7-27-29-19-15-23(14-17-11-9-8-10-12-17)20(25)18(13-16(2)3)24(19)21(26)28-22(4,5)6/h8-12,16,18-19H,7,13-15H2,1-6H3/t18-,19?/m0/s1. The molecule has 7 heteroatoms. The average Bonchev–Trinajstić information content (AvgIpc) is 2.62. The summed E-state index contributed by atoms with van der Waals surface area (Å²) in [5.74, 6) is 0.100. The van der Waals surface area contributed by atoms with Gasteiger partial charge in [0.2, 0.25) is 5.91 Å². The van der Waals surface area contributed by atoms with E-state index in [1.807, 2.05) is 44.2 Å². The third-order valence-corrected chi connectivity index (χ3v) is 4.43. The maximum Gasteiger partial charge on any atom is 0.413 e. The van der Waals surface area contributed by atoms with E-state index >= 15 is 0 Å². The first-order valence-corrected chi connectivity index (χ1v) is 10.2. The van der Waals surface area contributed by atoms with E-state index in [1.165, 1.54) is 4.90 Å². The fraction of sp³-hybridized carbons (Fsp3) is 0.636. The molecule has 1 fully saturated rings. The number of hydrogen-bond donors (Lipinski definition) is 0. The molecule has 2 rings (SSSR count). The van der Waals surface area contributed by atoms with Crippen molar-refractivity contribution >= 4 is 12.0 Å². The lowest BCUT2D eigenvalue weighted by atomic mass is 9.98. The lowest BCUT2D eigenvalue weighted by Crippen LogP contribution is -2.64. The molecule has 1 aliphatic rings. The molecule has 2 amide bonds. The van der Waals surface area contributed by atoms with Crippen LogP contribution in [0.1, 0.15) is 53.5 Å². The van der Waals surface area contributed by atoms with Gasteiger partial charge in [0, 0.05) is 6.54 Å². The second kappa shape index (κ2) is 10.1. The molecular formula is C22H34N2O5. The number of piperazine rings is 1. The van der Waals surface area contributed by atoms with Gasteiger partial charge in [-0.05, 0) is 45.6 Å². The Kier molecular flexibility index (Phi) is 8.05. The first-order chi connectivity index (χ1) is 13.6. The summed E-state index contributed by atoms with van der Waals surface area (Å²) in [7, 11) is 0. The van der Waals surface area contributed by atoms with E-state index in [0.29, 0.717) is 19.6 Å². The molecule has 0 aromatic heterocycles. The highest BCUT2D eigenvalue weighted by atomic mass is 17.2. The summed E-state index contributed by atoms with van der Waals surface area (Å²) in [4.78, 5) is 40.2. The Balaban J connectivity index is 2.33. The fourth-order valence-corrected chi connectivity index (χ4v) is 3.29. The van der Waals surface area contributed by atoms with Gasteiger partial charge in [-0.25, -0.2) is 14.6 Å². The van der Waals surface area contributed by atoms with Crippen molar-refractivity contribution < 1.29 is 24.1 Å². The molecule has 1 saturated heterocycles. The van der Waals surface area contributed by atoms with Crippen LogP contribution < -0.4 is 0 Å². The van der Waals surface area contributed by atoms with Crippen LogP contribution in [0.2, 0.25) is 0 Å². The molecule has 1 heterocycles. The molecule has 1 aromatic carbocycles. The Morgan fingerprint density at radius 3 is 2.41 bits per heavy atom. The van der Waals surface area contributed by atoms with Crippen LogP contribution in [0.5, 0.6) is 0 Å². The first-order valence-electron chi connectivity index (χ1n) is 10.2. The Morgan fingerprint density at radius 1 is 1.21 bits per heavy atom. The predicted molar refractivity (Wildman–Crippen MR) is 110 cm³/mol. The van der Waals surface area contributed by atoms with E-state index < -0.39 is 24.0 Å². The van der Waals surface area contributed by atoms with Crippen molar-refractivity contribution in [1.82, 2.24) is 9.80 Å². The van der Waals surface area contributed by atoms with Gasteiger partial charge in [-0.2, -0.15) is 0 Å². The number of nitrogens with zero attached hydrogens (tertiary/aromatic N) is 2. The maximum atomic E-state index is 13.3. The molecule has 2 atom stereocenters. The third kappa shape index (κ3) is 6.72. The Morgan fingerprint density at radius 2 is 1.86 bits per heavy atom. The highest BCUT2D eigenvalue weighted by molar-refractivity contribution is 5.87. The second-order valence-corrected chi connectivity index (χ2v) is 8.69. The number of amides is 2. The summed E-state index contributed by atoms with van der Waals surface area (Å²) in [5.41, 5.74) is 0.338. The Labute approximate surface area is 173 Å². The van der Waals surface area contributed by atoms with Crippen molar-refractivity contribution in [2.45, 2.75) is 72.4 Å². The number of ether oxygens (including phenoxy) is 1. The molecule has 0 bridgehead atoms. The Hall–Kier alpha value is -2.12. The van der Waals surface area contributed by atoms with Crippen LogP contribution in [0, 0.1) is 5.92 Å². The first kappa shape index (κ1) is 23.2. The van der Waals surface area contributed by atoms with Gasteiger partial charge >= 0.3 is 6.09 Å². The maximum absolute atomic E-state index is 13.3. The fourth-order valence-electron chi connectivity index (χ4n) is 3.29. The number of hydrogen-bond acceptors (Lipinski definition) is 5.